The Kier molecular flexibility index (Phi) is 4.40. The minimum absolute atomic E-state index is 0. The van der Waals surface area contributed by atoms with E-state index >= 15 is 0 Å². The summed E-state index contributed by atoms with van der Waals surface area (Å²) in [5.74, 6) is -0.697. The first kappa shape index (κ1) is 13.8. The zero-order valence-corrected chi connectivity index (χ0v) is 10.5. The number of nitrogens with two attached hydrogens (primary N) is 1. The van der Waals surface area contributed by atoms with E-state index in [4.69, 9.17) is 5.73 Å². The molecule has 3 nitrogen and oxygen atoms in total. The second-order valence-corrected chi connectivity index (χ2v) is 4.57. The van der Waals surface area contributed by atoms with Gasteiger partial charge in [-0.25, -0.2) is 0 Å². The number of carboxylic acid groups (broad SMARTS) is 1. The SMILES string of the molecule is Cl.Nc1ccc(C2(C(=O)O)CCCCC2)cc1. The van der Waals surface area contributed by atoms with Crippen molar-refractivity contribution in [2.45, 2.75) is 37.5 Å². The molecule has 3 N–H and O–H groups in total. The van der Waals surface area contributed by atoms with Crippen LogP contribution in [0.5, 0.6) is 0 Å². The van der Waals surface area contributed by atoms with E-state index in [0.29, 0.717) is 5.69 Å². The number of rotatable bonds is 2. The highest BCUT2D eigenvalue weighted by atomic mass is 35.5. The van der Waals surface area contributed by atoms with Gasteiger partial charge in [-0.3, -0.25) is 4.79 Å². The monoisotopic (exact) mass is 255 g/mol. The fraction of sp³-hybridized carbons (Fsp3) is 0.462. The summed E-state index contributed by atoms with van der Waals surface area (Å²) in [6.45, 7) is 0. The van der Waals surface area contributed by atoms with Gasteiger partial charge in [-0.1, -0.05) is 31.4 Å². The zero-order valence-electron chi connectivity index (χ0n) is 9.69. The predicted molar refractivity (Wildman–Crippen MR) is 70.5 cm³/mol. The topological polar surface area (TPSA) is 63.3 Å². The Hall–Kier alpha value is -1.22. The van der Waals surface area contributed by atoms with Gasteiger partial charge in [0.1, 0.15) is 0 Å². The van der Waals surface area contributed by atoms with Crippen LogP contribution in [0.3, 0.4) is 0 Å². The number of anilines is 1. The van der Waals surface area contributed by atoms with Gasteiger partial charge < -0.3 is 10.8 Å². The van der Waals surface area contributed by atoms with Crippen LogP contribution in [0.2, 0.25) is 0 Å². The van der Waals surface area contributed by atoms with Crippen LogP contribution in [0.15, 0.2) is 24.3 Å². The Morgan fingerprint density at radius 2 is 1.65 bits per heavy atom. The molecule has 0 saturated heterocycles. The summed E-state index contributed by atoms with van der Waals surface area (Å²) in [5, 5.41) is 9.48. The maximum Gasteiger partial charge on any atom is 0.314 e. The summed E-state index contributed by atoms with van der Waals surface area (Å²) < 4.78 is 0. The Morgan fingerprint density at radius 1 is 1.12 bits per heavy atom. The van der Waals surface area contributed by atoms with E-state index in [1.807, 2.05) is 12.1 Å². The lowest BCUT2D eigenvalue weighted by molar-refractivity contribution is -0.145. The number of carboxylic acids is 1. The van der Waals surface area contributed by atoms with Gasteiger partial charge >= 0.3 is 5.97 Å². The standard InChI is InChI=1S/C13H17NO2.ClH/c14-11-6-4-10(5-7-11)13(12(15)16)8-2-1-3-9-13;/h4-7H,1-3,8-9,14H2,(H,15,16);1H. The lowest BCUT2D eigenvalue weighted by Crippen LogP contribution is -2.37. The van der Waals surface area contributed by atoms with E-state index in [9.17, 15) is 9.90 Å². The predicted octanol–water partition coefficient (Wildman–Crippen LogP) is 2.98. The third kappa shape index (κ3) is 2.55. The van der Waals surface area contributed by atoms with Gasteiger partial charge in [0.05, 0.1) is 5.41 Å². The average molecular weight is 256 g/mol. The van der Waals surface area contributed by atoms with Crippen LogP contribution in [0.1, 0.15) is 37.7 Å². The molecule has 1 aliphatic rings. The molecule has 1 fully saturated rings. The number of hydrogen-bond donors (Lipinski definition) is 2. The van der Waals surface area contributed by atoms with Crippen molar-refractivity contribution in [2.75, 3.05) is 5.73 Å². The van der Waals surface area contributed by atoms with Crippen molar-refractivity contribution in [1.82, 2.24) is 0 Å². The third-order valence-electron chi connectivity index (χ3n) is 3.58. The largest absolute Gasteiger partial charge is 0.481 e. The summed E-state index contributed by atoms with van der Waals surface area (Å²) in [5.41, 5.74) is 6.53. The molecule has 0 amide bonds. The molecule has 4 heteroatoms. The molecule has 1 aromatic carbocycles. The molecule has 0 aliphatic heterocycles. The van der Waals surface area contributed by atoms with Crippen molar-refractivity contribution in [3.8, 4) is 0 Å². The highest BCUT2D eigenvalue weighted by Gasteiger charge is 2.40. The fourth-order valence-corrected chi connectivity index (χ4v) is 2.58. The molecule has 0 unspecified atom stereocenters. The Bertz CT molecular complexity index is 383. The summed E-state index contributed by atoms with van der Waals surface area (Å²) in [7, 11) is 0. The molecule has 0 bridgehead atoms. The smallest absolute Gasteiger partial charge is 0.314 e. The van der Waals surface area contributed by atoms with Crippen molar-refractivity contribution in [1.29, 1.82) is 0 Å². The minimum atomic E-state index is -0.697. The molecule has 0 aromatic heterocycles. The summed E-state index contributed by atoms with van der Waals surface area (Å²) in [6, 6.07) is 7.28. The van der Waals surface area contributed by atoms with Crippen LogP contribution < -0.4 is 5.73 Å². The van der Waals surface area contributed by atoms with Crippen LogP contribution in [-0.2, 0) is 10.2 Å². The average Bonchev–Trinajstić information content (AvgIpc) is 2.30. The van der Waals surface area contributed by atoms with E-state index in [2.05, 4.69) is 0 Å². The van der Waals surface area contributed by atoms with E-state index in [-0.39, 0.29) is 12.4 Å². The Labute approximate surface area is 107 Å². The highest BCUT2D eigenvalue weighted by molar-refractivity contribution is 5.85. The molecule has 94 valence electrons. The van der Waals surface area contributed by atoms with Crippen molar-refractivity contribution in [3.05, 3.63) is 29.8 Å². The van der Waals surface area contributed by atoms with E-state index in [1.54, 1.807) is 12.1 Å². The molecule has 0 heterocycles. The van der Waals surface area contributed by atoms with Crippen LogP contribution >= 0.6 is 12.4 Å². The van der Waals surface area contributed by atoms with E-state index in [1.165, 1.54) is 0 Å². The molecule has 1 aromatic rings. The van der Waals surface area contributed by atoms with Gasteiger partial charge in [-0.05, 0) is 30.5 Å². The second-order valence-electron chi connectivity index (χ2n) is 4.57. The van der Waals surface area contributed by atoms with E-state index < -0.39 is 11.4 Å². The molecule has 17 heavy (non-hydrogen) atoms. The summed E-state index contributed by atoms with van der Waals surface area (Å²) >= 11 is 0. The maximum atomic E-state index is 11.5. The number of nitrogen functional groups attached to an aromatic ring is 1. The fourth-order valence-electron chi connectivity index (χ4n) is 2.58. The normalized spacial score (nSPS) is 18.1. The van der Waals surface area contributed by atoms with Crippen molar-refractivity contribution >= 4 is 24.1 Å². The lowest BCUT2D eigenvalue weighted by Gasteiger charge is -2.33. The van der Waals surface area contributed by atoms with Crippen LogP contribution in [0, 0.1) is 0 Å². The number of halogens is 1. The summed E-state index contributed by atoms with van der Waals surface area (Å²) in [6.07, 6.45) is 4.62. The first-order valence-electron chi connectivity index (χ1n) is 5.74. The molecule has 1 saturated carbocycles. The molecule has 1 aliphatic carbocycles. The highest BCUT2D eigenvalue weighted by Crippen LogP contribution is 2.39. The number of benzene rings is 1. The van der Waals surface area contributed by atoms with Crippen molar-refractivity contribution < 1.29 is 9.90 Å². The zero-order chi connectivity index (χ0) is 11.6. The van der Waals surface area contributed by atoms with Gasteiger partial charge in [0.2, 0.25) is 0 Å². The Balaban J connectivity index is 0.00000144. The van der Waals surface area contributed by atoms with Crippen LogP contribution in [-0.4, -0.2) is 11.1 Å². The Morgan fingerprint density at radius 3 is 2.12 bits per heavy atom. The first-order valence-corrected chi connectivity index (χ1v) is 5.74. The van der Waals surface area contributed by atoms with Gasteiger partial charge in [-0.2, -0.15) is 0 Å². The first-order chi connectivity index (χ1) is 7.65. The quantitative estimate of drug-likeness (QED) is 0.799. The summed E-state index contributed by atoms with van der Waals surface area (Å²) in [4.78, 5) is 11.5. The molecular weight excluding hydrogens is 238 g/mol. The van der Waals surface area contributed by atoms with Crippen molar-refractivity contribution in [2.24, 2.45) is 0 Å². The molecule has 2 rings (SSSR count). The van der Waals surface area contributed by atoms with Crippen LogP contribution in [0.25, 0.3) is 0 Å². The number of aliphatic carboxylic acids is 1. The second kappa shape index (κ2) is 5.41. The van der Waals surface area contributed by atoms with Crippen LogP contribution in [0.4, 0.5) is 5.69 Å². The van der Waals surface area contributed by atoms with Crippen molar-refractivity contribution in [3.63, 3.8) is 0 Å². The lowest BCUT2D eigenvalue weighted by atomic mass is 9.69. The van der Waals surface area contributed by atoms with E-state index in [0.717, 1.165) is 37.7 Å². The molecule has 0 atom stereocenters. The molecular formula is C13H18ClNO2. The number of carbonyl (C=O) groups is 1. The van der Waals surface area contributed by atoms with Gasteiger partial charge in [0.15, 0.2) is 0 Å². The maximum absolute atomic E-state index is 11.5. The minimum Gasteiger partial charge on any atom is -0.481 e. The van der Waals surface area contributed by atoms with Gasteiger partial charge in [0, 0.05) is 5.69 Å². The number of hydrogen-bond acceptors (Lipinski definition) is 2. The van der Waals surface area contributed by atoms with Gasteiger partial charge in [0.25, 0.3) is 0 Å². The third-order valence-corrected chi connectivity index (χ3v) is 3.58. The van der Waals surface area contributed by atoms with Gasteiger partial charge in [-0.15, -0.1) is 12.4 Å². The molecule has 0 spiro atoms. The molecule has 0 radical (unpaired) electrons.